The van der Waals surface area contributed by atoms with Crippen LogP contribution in [0.4, 0.5) is 5.69 Å². The van der Waals surface area contributed by atoms with Gasteiger partial charge in [0, 0.05) is 12.0 Å². The second kappa shape index (κ2) is 7.19. The molecule has 3 nitrogen and oxygen atoms in total. The van der Waals surface area contributed by atoms with Crippen LogP contribution in [0.3, 0.4) is 0 Å². The highest BCUT2D eigenvalue weighted by Crippen LogP contribution is 2.26. The minimum atomic E-state index is -0.346. The summed E-state index contributed by atoms with van der Waals surface area (Å²) in [5.74, 6) is -0.346. The lowest BCUT2D eigenvalue weighted by Crippen LogP contribution is -2.11. The quantitative estimate of drug-likeness (QED) is 0.375. The molecule has 0 aromatic heterocycles. The first kappa shape index (κ1) is 15.6. The third-order valence-corrected chi connectivity index (χ3v) is 3.33. The minimum Gasteiger partial charge on any atom is -0.462 e. The molecule has 0 saturated carbocycles. The molecule has 1 aromatic rings. The number of rotatable bonds is 6. The summed E-state index contributed by atoms with van der Waals surface area (Å²) in [6.45, 7) is 8.14. The molecule has 0 heterocycles. The maximum Gasteiger partial charge on any atom is 0.333 e. The van der Waals surface area contributed by atoms with E-state index >= 15 is 0 Å². The maximum absolute atomic E-state index is 11.7. The van der Waals surface area contributed by atoms with Crippen molar-refractivity contribution >= 4 is 23.3 Å². The van der Waals surface area contributed by atoms with E-state index in [1.807, 2.05) is 19.9 Å². The van der Waals surface area contributed by atoms with E-state index in [4.69, 9.17) is 22.1 Å². The van der Waals surface area contributed by atoms with Crippen LogP contribution in [-0.4, -0.2) is 12.6 Å². The molecule has 0 fully saturated rings. The van der Waals surface area contributed by atoms with Crippen molar-refractivity contribution in [2.75, 3.05) is 12.3 Å². The Balaban J connectivity index is 2.67. The summed E-state index contributed by atoms with van der Waals surface area (Å²) >= 11 is 5.93. The van der Waals surface area contributed by atoms with Crippen molar-refractivity contribution < 1.29 is 9.53 Å². The van der Waals surface area contributed by atoms with Gasteiger partial charge in [-0.25, -0.2) is 4.79 Å². The molecule has 0 aliphatic carbocycles. The van der Waals surface area contributed by atoms with Gasteiger partial charge in [-0.15, -0.1) is 0 Å². The van der Waals surface area contributed by atoms with Gasteiger partial charge in [-0.1, -0.05) is 37.6 Å². The van der Waals surface area contributed by atoms with Crippen molar-refractivity contribution in [1.29, 1.82) is 0 Å². The number of ether oxygens (including phenoxy) is 1. The highest BCUT2D eigenvalue weighted by atomic mass is 35.5. The second-order valence-corrected chi connectivity index (χ2v) is 4.92. The average molecular weight is 282 g/mol. The molecule has 19 heavy (non-hydrogen) atoms. The Morgan fingerprint density at radius 1 is 1.47 bits per heavy atom. The molecule has 0 spiro atoms. The number of carbonyl (C=O) groups excluding carboxylic acids is 1. The van der Waals surface area contributed by atoms with Gasteiger partial charge in [-0.05, 0) is 30.5 Å². The molecule has 104 valence electrons. The van der Waals surface area contributed by atoms with Crippen LogP contribution in [0.25, 0.3) is 0 Å². The first-order chi connectivity index (χ1) is 8.97. The fourth-order valence-corrected chi connectivity index (χ4v) is 1.85. The molecule has 0 saturated heterocycles. The molecule has 0 unspecified atom stereocenters. The number of carbonyl (C=O) groups is 1. The van der Waals surface area contributed by atoms with Gasteiger partial charge in [0.05, 0.1) is 17.3 Å². The molecule has 1 aromatic carbocycles. The van der Waals surface area contributed by atoms with Gasteiger partial charge in [-0.2, -0.15) is 0 Å². The monoisotopic (exact) mass is 281 g/mol. The highest BCUT2D eigenvalue weighted by molar-refractivity contribution is 6.33. The summed E-state index contributed by atoms with van der Waals surface area (Å²) in [5.41, 5.74) is 8.66. The normalized spacial score (nSPS) is 10.3. The van der Waals surface area contributed by atoms with E-state index in [0.29, 0.717) is 29.3 Å². The summed E-state index contributed by atoms with van der Waals surface area (Å²) in [6.07, 6.45) is 2.29. The Labute approximate surface area is 119 Å². The molecule has 0 aliphatic heterocycles. The van der Waals surface area contributed by atoms with E-state index in [9.17, 15) is 4.79 Å². The lowest BCUT2D eigenvalue weighted by atomic mass is 10.0. The first-order valence-corrected chi connectivity index (χ1v) is 6.73. The van der Waals surface area contributed by atoms with Gasteiger partial charge in [0.2, 0.25) is 0 Å². The minimum absolute atomic E-state index is 0.346. The molecule has 0 aliphatic rings. The van der Waals surface area contributed by atoms with Crippen LogP contribution in [0.5, 0.6) is 0 Å². The Kier molecular flexibility index (Phi) is 5.90. The summed E-state index contributed by atoms with van der Waals surface area (Å²) in [4.78, 5) is 11.7. The Morgan fingerprint density at radius 3 is 2.79 bits per heavy atom. The number of hydrogen-bond donors (Lipinski definition) is 1. The maximum atomic E-state index is 11.7. The van der Waals surface area contributed by atoms with Crippen molar-refractivity contribution in [1.82, 2.24) is 0 Å². The molecule has 1 rings (SSSR count). The number of benzene rings is 1. The summed E-state index contributed by atoms with van der Waals surface area (Å²) in [5, 5.41) is 0.525. The van der Waals surface area contributed by atoms with E-state index in [0.717, 1.165) is 24.0 Å². The van der Waals surface area contributed by atoms with E-state index in [1.165, 1.54) is 0 Å². The lowest BCUT2D eigenvalue weighted by Gasteiger charge is -2.11. The van der Waals surface area contributed by atoms with Crippen molar-refractivity contribution in [3.05, 3.63) is 40.4 Å². The zero-order chi connectivity index (χ0) is 14.4. The van der Waals surface area contributed by atoms with Crippen LogP contribution in [0.1, 0.15) is 30.9 Å². The number of anilines is 1. The fraction of sp³-hybridized carbons (Fsp3) is 0.400. The number of unbranched alkanes of at least 4 members (excludes halogenated alkanes) is 1. The first-order valence-electron chi connectivity index (χ1n) is 6.35. The Hall–Kier alpha value is -1.48. The predicted octanol–water partition coefficient (Wildman–Crippen LogP) is 3.67. The zero-order valence-corrected chi connectivity index (χ0v) is 12.2. The van der Waals surface area contributed by atoms with Crippen LogP contribution < -0.4 is 5.73 Å². The molecule has 2 N–H and O–H groups in total. The van der Waals surface area contributed by atoms with Gasteiger partial charge in [-0.3, -0.25) is 0 Å². The summed E-state index contributed by atoms with van der Waals surface area (Å²) < 4.78 is 5.11. The highest BCUT2D eigenvalue weighted by Gasteiger charge is 2.12. The van der Waals surface area contributed by atoms with E-state index < -0.39 is 0 Å². The van der Waals surface area contributed by atoms with Crippen molar-refractivity contribution in [3.63, 3.8) is 0 Å². The van der Waals surface area contributed by atoms with Gasteiger partial charge in [0.15, 0.2) is 0 Å². The van der Waals surface area contributed by atoms with E-state index in [-0.39, 0.29) is 5.97 Å². The van der Waals surface area contributed by atoms with Gasteiger partial charge in [0.25, 0.3) is 0 Å². The van der Waals surface area contributed by atoms with Crippen molar-refractivity contribution in [2.24, 2.45) is 0 Å². The van der Waals surface area contributed by atoms with Crippen LogP contribution in [0, 0.1) is 6.92 Å². The molecule has 0 radical (unpaired) electrons. The van der Waals surface area contributed by atoms with Crippen LogP contribution in [-0.2, 0) is 16.0 Å². The number of esters is 1. The van der Waals surface area contributed by atoms with Gasteiger partial charge in [0.1, 0.15) is 0 Å². The number of nitrogens with two attached hydrogens (primary N) is 1. The largest absolute Gasteiger partial charge is 0.462 e. The van der Waals surface area contributed by atoms with Crippen molar-refractivity contribution in [3.8, 4) is 0 Å². The third-order valence-electron chi connectivity index (χ3n) is 3.00. The third kappa shape index (κ3) is 4.28. The van der Waals surface area contributed by atoms with Gasteiger partial charge < -0.3 is 10.5 Å². The average Bonchev–Trinajstić information content (AvgIpc) is 2.39. The van der Waals surface area contributed by atoms with Crippen LogP contribution in [0.2, 0.25) is 5.02 Å². The van der Waals surface area contributed by atoms with Crippen LogP contribution in [0.15, 0.2) is 24.3 Å². The van der Waals surface area contributed by atoms with E-state index in [2.05, 4.69) is 6.58 Å². The van der Waals surface area contributed by atoms with Crippen LogP contribution >= 0.6 is 11.6 Å². The Morgan fingerprint density at radius 2 is 2.16 bits per heavy atom. The van der Waals surface area contributed by atoms with E-state index in [1.54, 1.807) is 6.07 Å². The molecular weight excluding hydrogens is 262 g/mol. The topological polar surface area (TPSA) is 52.3 Å². The molecule has 0 amide bonds. The SMILES string of the molecule is C=C(Cc1ccc(Cl)c(N)c1C)C(=O)OCCCC. The zero-order valence-electron chi connectivity index (χ0n) is 11.5. The number of hydrogen-bond acceptors (Lipinski definition) is 3. The predicted molar refractivity (Wildman–Crippen MR) is 79.3 cm³/mol. The number of nitrogen functional groups attached to an aromatic ring is 1. The van der Waals surface area contributed by atoms with Gasteiger partial charge >= 0.3 is 5.97 Å². The smallest absolute Gasteiger partial charge is 0.333 e. The number of halogens is 1. The molecule has 0 atom stereocenters. The molecular formula is C15H20ClNO2. The molecule has 4 heteroatoms. The standard InChI is InChI=1S/C15H20ClNO2/c1-4-5-8-19-15(18)10(2)9-12-6-7-13(16)14(17)11(12)3/h6-7H,2,4-5,8-9,17H2,1,3H3. The van der Waals surface area contributed by atoms with Crippen molar-refractivity contribution in [2.45, 2.75) is 33.1 Å². The Bertz CT molecular complexity index is 483. The summed E-state index contributed by atoms with van der Waals surface area (Å²) in [7, 11) is 0. The second-order valence-electron chi connectivity index (χ2n) is 4.51. The molecule has 0 bridgehead atoms. The summed E-state index contributed by atoms with van der Waals surface area (Å²) in [6, 6.07) is 3.59. The lowest BCUT2D eigenvalue weighted by molar-refractivity contribution is -0.139. The fourth-order valence-electron chi connectivity index (χ4n) is 1.65.